The number of nitrogens with one attached hydrogen (secondary N) is 2. The van der Waals surface area contributed by atoms with Gasteiger partial charge >= 0.3 is 0 Å². The Morgan fingerprint density at radius 2 is 2.26 bits per heavy atom. The van der Waals surface area contributed by atoms with Gasteiger partial charge in [0.15, 0.2) is 5.82 Å². The van der Waals surface area contributed by atoms with Crippen molar-refractivity contribution in [1.82, 2.24) is 25.5 Å². The lowest BCUT2D eigenvalue weighted by Gasteiger charge is -2.27. The third-order valence-electron chi connectivity index (χ3n) is 4.00. The van der Waals surface area contributed by atoms with Crippen molar-refractivity contribution >= 4 is 24.0 Å². The highest BCUT2D eigenvalue weighted by Crippen LogP contribution is 2.22. The van der Waals surface area contributed by atoms with Crippen LogP contribution in [0.25, 0.3) is 11.4 Å². The molecule has 1 fully saturated rings. The lowest BCUT2D eigenvalue weighted by Crippen LogP contribution is -2.40. The summed E-state index contributed by atoms with van der Waals surface area (Å²) in [5, 5.41) is 17.8. The van der Waals surface area contributed by atoms with Crippen LogP contribution in [0.5, 0.6) is 0 Å². The van der Waals surface area contributed by atoms with Gasteiger partial charge in [0.05, 0.1) is 0 Å². The van der Waals surface area contributed by atoms with Crippen LogP contribution in [0.15, 0.2) is 24.3 Å². The van der Waals surface area contributed by atoms with E-state index in [1.807, 2.05) is 24.3 Å². The van der Waals surface area contributed by atoms with Gasteiger partial charge < -0.3 is 10.6 Å². The van der Waals surface area contributed by atoms with Gasteiger partial charge in [-0.3, -0.25) is 4.79 Å². The number of piperidine rings is 1. The van der Waals surface area contributed by atoms with Crippen LogP contribution < -0.4 is 10.6 Å². The molecule has 1 saturated heterocycles. The maximum Gasteiger partial charge on any atom is 0.227 e. The van der Waals surface area contributed by atoms with Crippen LogP contribution in [0.2, 0.25) is 0 Å². The Hall–Kier alpha value is -1.99. The minimum Gasteiger partial charge on any atom is -0.326 e. The molecule has 2 aromatic rings. The minimum absolute atomic E-state index is 0. The van der Waals surface area contributed by atoms with Crippen molar-refractivity contribution in [3.63, 3.8) is 0 Å². The van der Waals surface area contributed by atoms with Gasteiger partial charge in [-0.1, -0.05) is 12.1 Å². The summed E-state index contributed by atoms with van der Waals surface area (Å²) in [5.41, 5.74) is 1.65. The van der Waals surface area contributed by atoms with E-state index in [1.54, 1.807) is 11.7 Å². The molecule has 0 aliphatic carbocycles. The number of carbonyl (C=O) groups excluding carboxylic acids is 1. The number of tetrazole rings is 1. The van der Waals surface area contributed by atoms with Crippen LogP contribution in [0.1, 0.15) is 19.8 Å². The molecule has 0 bridgehead atoms. The first-order chi connectivity index (χ1) is 10.6. The first-order valence-corrected chi connectivity index (χ1v) is 7.50. The average molecular weight is 337 g/mol. The number of aromatic nitrogens is 4. The molecule has 3 rings (SSSR count). The number of halogens is 1. The van der Waals surface area contributed by atoms with Gasteiger partial charge in [-0.25, -0.2) is 4.68 Å². The van der Waals surface area contributed by atoms with E-state index in [0.29, 0.717) is 11.9 Å². The first-order valence-electron chi connectivity index (χ1n) is 7.50. The van der Waals surface area contributed by atoms with Crippen molar-refractivity contribution in [1.29, 1.82) is 0 Å². The molecule has 23 heavy (non-hydrogen) atoms. The minimum atomic E-state index is 0. The third-order valence-corrected chi connectivity index (χ3v) is 4.00. The number of amides is 1. The molecular formula is C15H21ClN6O. The molecule has 1 amide bonds. The average Bonchev–Trinajstić information content (AvgIpc) is 2.94. The van der Waals surface area contributed by atoms with Crippen LogP contribution in [-0.4, -0.2) is 38.7 Å². The lowest BCUT2D eigenvalue weighted by atomic mass is 9.92. The fourth-order valence-corrected chi connectivity index (χ4v) is 2.82. The fraction of sp³-hybridized carbons (Fsp3) is 0.467. The molecule has 1 aromatic carbocycles. The SMILES string of the molecule is C[C@H]1C[C@@H](C(=O)Nc2cccc(-c3nnnn3C)c2)CCN1.Cl. The molecule has 7 nitrogen and oxygen atoms in total. The quantitative estimate of drug-likeness (QED) is 0.889. The van der Waals surface area contributed by atoms with Gasteiger partial charge in [-0.15, -0.1) is 17.5 Å². The van der Waals surface area contributed by atoms with E-state index < -0.39 is 0 Å². The summed E-state index contributed by atoms with van der Waals surface area (Å²) in [5.74, 6) is 0.824. The molecule has 0 unspecified atom stereocenters. The summed E-state index contributed by atoms with van der Waals surface area (Å²) in [6.07, 6.45) is 1.75. The second-order valence-corrected chi connectivity index (χ2v) is 5.77. The highest BCUT2D eigenvalue weighted by atomic mass is 35.5. The summed E-state index contributed by atoms with van der Waals surface area (Å²) in [6, 6.07) is 7.99. The van der Waals surface area contributed by atoms with Gasteiger partial charge in [0.2, 0.25) is 5.91 Å². The predicted molar refractivity (Wildman–Crippen MR) is 90.3 cm³/mol. The number of anilines is 1. The van der Waals surface area contributed by atoms with Crippen molar-refractivity contribution in [2.45, 2.75) is 25.8 Å². The molecule has 2 heterocycles. The normalized spacial score (nSPS) is 20.6. The molecule has 0 spiro atoms. The molecule has 1 aliphatic rings. The highest BCUT2D eigenvalue weighted by molar-refractivity contribution is 5.93. The van der Waals surface area contributed by atoms with Crippen molar-refractivity contribution in [2.24, 2.45) is 13.0 Å². The van der Waals surface area contributed by atoms with E-state index >= 15 is 0 Å². The number of nitrogens with zero attached hydrogens (tertiary/aromatic N) is 4. The summed E-state index contributed by atoms with van der Waals surface area (Å²) in [4.78, 5) is 12.4. The summed E-state index contributed by atoms with van der Waals surface area (Å²) < 4.78 is 1.61. The fourth-order valence-electron chi connectivity index (χ4n) is 2.82. The largest absolute Gasteiger partial charge is 0.326 e. The Bertz CT molecular complexity index is 673. The van der Waals surface area contributed by atoms with Crippen LogP contribution >= 0.6 is 12.4 Å². The molecule has 8 heteroatoms. The van der Waals surface area contributed by atoms with E-state index in [-0.39, 0.29) is 24.2 Å². The lowest BCUT2D eigenvalue weighted by molar-refractivity contribution is -0.120. The smallest absolute Gasteiger partial charge is 0.227 e. The Morgan fingerprint density at radius 1 is 1.43 bits per heavy atom. The summed E-state index contributed by atoms with van der Waals surface area (Å²) >= 11 is 0. The summed E-state index contributed by atoms with van der Waals surface area (Å²) in [7, 11) is 1.79. The van der Waals surface area contributed by atoms with E-state index in [0.717, 1.165) is 30.6 Å². The van der Waals surface area contributed by atoms with Crippen LogP contribution in [-0.2, 0) is 11.8 Å². The van der Waals surface area contributed by atoms with Gasteiger partial charge in [0.25, 0.3) is 0 Å². The molecular weight excluding hydrogens is 316 g/mol. The van der Waals surface area contributed by atoms with Gasteiger partial charge in [0, 0.05) is 30.3 Å². The monoisotopic (exact) mass is 336 g/mol. The number of aryl methyl sites for hydroxylation is 1. The van der Waals surface area contributed by atoms with E-state index in [1.165, 1.54) is 0 Å². The second-order valence-electron chi connectivity index (χ2n) is 5.77. The molecule has 124 valence electrons. The number of carbonyl (C=O) groups is 1. The Morgan fingerprint density at radius 3 is 2.96 bits per heavy atom. The van der Waals surface area contributed by atoms with Crippen molar-refractivity contribution in [3.8, 4) is 11.4 Å². The van der Waals surface area contributed by atoms with Crippen LogP contribution in [0.4, 0.5) is 5.69 Å². The maximum atomic E-state index is 12.4. The molecule has 2 atom stereocenters. The molecule has 2 N–H and O–H groups in total. The van der Waals surface area contributed by atoms with Crippen molar-refractivity contribution in [2.75, 3.05) is 11.9 Å². The standard InChI is InChI=1S/C15H20N6O.ClH/c1-10-8-12(6-7-16-10)15(22)17-13-5-3-4-11(9-13)14-18-19-20-21(14)2;/h3-5,9-10,12,16H,6-8H2,1-2H3,(H,17,22);1H/t10-,12-;/m0./s1. The Balaban J connectivity index is 0.00000192. The topological polar surface area (TPSA) is 84.7 Å². The Kier molecular flexibility index (Phi) is 5.68. The van der Waals surface area contributed by atoms with Crippen LogP contribution in [0.3, 0.4) is 0 Å². The molecule has 0 saturated carbocycles. The van der Waals surface area contributed by atoms with Gasteiger partial charge in [-0.2, -0.15) is 0 Å². The number of hydrogen-bond donors (Lipinski definition) is 2. The second kappa shape index (κ2) is 7.52. The number of hydrogen-bond acceptors (Lipinski definition) is 5. The van der Waals surface area contributed by atoms with Crippen molar-refractivity contribution in [3.05, 3.63) is 24.3 Å². The van der Waals surface area contributed by atoms with E-state index in [4.69, 9.17) is 0 Å². The zero-order valence-corrected chi connectivity index (χ0v) is 14.0. The first kappa shape index (κ1) is 17.4. The Labute approximate surface area is 141 Å². The molecule has 1 aliphatic heterocycles. The van der Waals surface area contributed by atoms with E-state index in [2.05, 4.69) is 33.1 Å². The highest BCUT2D eigenvalue weighted by Gasteiger charge is 2.24. The molecule has 1 aromatic heterocycles. The predicted octanol–water partition coefficient (Wildman–Crippen LogP) is 1.63. The van der Waals surface area contributed by atoms with Crippen LogP contribution in [0, 0.1) is 5.92 Å². The van der Waals surface area contributed by atoms with E-state index in [9.17, 15) is 4.79 Å². The number of rotatable bonds is 3. The molecule has 0 radical (unpaired) electrons. The zero-order valence-electron chi connectivity index (χ0n) is 13.2. The van der Waals surface area contributed by atoms with Gasteiger partial charge in [0.1, 0.15) is 0 Å². The van der Waals surface area contributed by atoms with Crippen molar-refractivity contribution < 1.29 is 4.79 Å². The zero-order chi connectivity index (χ0) is 15.5. The third kappa shape index (κ3) is 4.05. The number of benzene rings is 1. The maximum absolute atomic E-state index is 12.4. The van der Waals surface area contributed by atoms with Gasteiger partial charge in [-0.05, 0) is 48.9 Å². The summed E-state index contributed by atoms with van der Waals surface area (Å²) in [6.45, 7) is 3.00.